The molecule has 0 unspecified atom stereocenters. The summed E-state index contributed by atoms with van der Waals surface area (Å²) < 4.78 is 51.0. The summed E-state index contributed by atoms with van der Waals surface area (Å²) in [7, 11) is 1.44. The molecular weight excluding hydrogens is 446 g/mol. The van der Waals surface area contributed by atoms with Crippen LogP contribution in [-0.2, 0) is 6.54 Å². The average Bonchev–Trinajstić information content (AvgIpc) is 2.77. The van der Waals surface area contributed by atoms with Gasteiger partial charge in [-0.15, -0.1) is 0 Å². The van der Waals surface area contributed by atoms with Crippen LogP contribution in [0.1, 0.15) is 16.1 Å². The summed E-state index contributed by atoms with van der Waals surface area (Å²) in [6.45, 7) is 1.39. The lowest BCUT2D eigenvalue weighted by molar-refractivity contribution is -0.122. The maximum absolute atomic E-state index is 14.4. The van der Waals surface area contributed by atoms with E-state index < -0.39 is 30.6 Å². The molecule has 33 heavy (non-hydrogen) atoms. The van der Waals surface area contributed by atoms with E-state index in [0.29, 0.717) is 38.4 Å². The minimum absolute atomic E-state index is 0.00609. The van der Waals surface area contributed by atoms with Crippen molar-refractivity contribution in [1.29, 1.82) is 0 Å². The molecule has 1 aliphatic rings. The van der Waals surface area contributed by atoms with Gasteiger partial charge >= 0.3 is 12.2 Å². The van der Waals surface area contributed by atoms with Crippen LogP contribution < -0.4 is 20.9 Å². The molecule has 0 spiro atoms. The highest BCUT2D eigenvalue weighted by Gasteiger charge is 2.27. The topological polar surface area (TPSA) is 102 Å². The van der Waals surface area contributed by atoms with E-state index >= 15 is 0 Å². The summed E-state index contributed by atoms with van der Waals surface area (Å²) in [6, 6.07) is 5.34. The van der Waals surface area contributed by atoms with Crippen LogP contribution in [0, 0.1) is 5.95 Å². The summed E-state index contributed by atoms with van der Waals surface area (Å²) >= 11 is 0. The van der Waals surface area contributed by atoms with E-state index in [2.05, 4.69) is 25.5 Å². The van der Waals surface area contributed by atoms with E-state index in [0.717, 1.165) is 5.56 Å². The average molecular weight is 469 g/mol. The van der Waals surface area contributed by atoms with Crippen molar-refractivity contribution >= 4 is 23.4 Å². The molecule has 9 nitrogen and oxygen atoms in total. The Hall–Kier alpha value is -3.48. The molecule has 3 rings (SSSR count). The van der Waals surface area contributed by atoms with Gasteiger partial charge in [0.1, 0.15) is 18.1 Å². The Kier molecular flexibility index (Phi) is 7.63. The Balaban J connectivity index is 1.52. The number of rotatable bonds is 6. The SMILES string of the molecule is CNC(=O)c1ccc(N2CCN(Cc3ccnc(NC(=O)NCC(F)(F)F)c3)CC2)c(F)n1. The number of hydrogen-bond donors (Lipinski definition) is 3. The zero-order valence-corrected chi connectivity index (χ0v) is 17.7. The maximum atomic E-state index is 14.4. The van der Waals surface area contributed by atoms with E-state index in [1.807, 2.05) is 4.90 Å². The number of urea groups is 1. The van der Waals surface area contributed by atoms with E-state index in [-0.39, 0.29) is 11.5 Å². The molecule has 0 bridgehead atoms. The number of anilines is 2. The second kappa shape index (κ2) is 10.4. The van der Waals surface area contributed by atoms with E-state index in [1.165, 1.54) is 25.4 Å². The van der Waals surface area contributed by atoms with E-state index in [1.54, 1.807) is 17.4 Å². The number of halogens is 4. The van der Waals surface area contributed by atoms with Crippen molar-refractivity contribution < 1.29 is 27.2 Å². The monoisotopic (exact) mass is 469 g/mol. The molecule has 1 saturated heterocycles. The van der Waals surface area contributed by atoms with Gasteiger partial charge in [0.05, 0.1) is 5.69 Å². The summed E-state index contributed by atoms with van der Waals surface area (Å²) in [6.07, 6.45) is -3.04. The van der Waals surface area contributed by atoms with Gasteiger partial charge in [-0.1, -0.05) is 0 Å². The standard InChI is InChI=1S/C20H23F4N7O2/c1-25-18(32)14-2-3-15(17(21)28-14)31-8-6-30(7-9-31)11-13-4-5-26-16(10-13)29-19(33)27-12-20(22,23)24/h2-5,10H,6-9,11-12H2,1H3,(H,25,32)(H2,26,27,29,33). The minimum Gasteiger partial charge on any atom is -0.365 e. The van der Waals surface area contributed by atoms with Gasteiger partial charge in [-0.25, -0.2) is 14.8 Å². The van der Waals surface area contributed by atoms with Crippen LogP contribution in [0.15, 0.2) is 30.5 Å². The molecular formula is C20H23F4N7O2. The quantitative estimate of drug-likeness (QED) is 0.442. The van der Waals surface area contributed by atoms with E-state index in [9.17, 15) is 27.2 Å². The van der Waals surface area contributed by atoms with Gasteiger partial charge in [-0.2, -0.15) is 17.6 Å². The van der Waals surface area contributed by atoms with Crippen molar-refractivity contribution in [1.82, 2.24) is 25.5 Å². The predicted molar refractivity (Wildman–Crippen MR) is 112 cm³/mol. The second-order valence-electron chi connectivity index (χ2n) is 7.32. The molecule has 0 aromatic carbocycles. The van der Waals surface area contributed by atoms with Crippen molar-refractivity contribution in [3.8, 4) is 0 Å². The first kappa shape index (κ1) is 24.2. The Morgan fingerprint density at radius 2 is 1.85 bits per heavy atom. The number of pyridine rings is 2. The maximum Gasteiger partial charge on any atom is 0.405 e. The number of piperazine rings is 1. The number of carbonyl (C=O) groups excluding carboxylic acids is 2. The lowest BCUT2D eigenvalue weighted by Gasteiger charge is -2.36. The highest BCUT2D eigenvalue weighted by Crippen LogP contribution is 2.21. The fourth-order valence-corrected chi connectivity index (χ4v) is 3.30. The van der Waals surface area contributed by atoms with Crippen molar-refractivity contribution in [2.75, 3.05) is 50.0 Å². The zero-order valence-electron chi connectivity index (χ0n) is 17.7. The van der Waals surface area contributed by atoms with Crippen LogP contribution in [0.3, 0.4) is 0 Å². The molecule has 0 saturated carbocycles. The third kappa shape index (κ3) is 7.00. The molecule has 1 aliphatic heterocycles. The lowest BCUT2D eigenvalue weighted by Crippen LogP contribution is -2.46. The van der Waals surface area contributed by atoms with Crippen LogP contribution in [0.4, 0.5) is 33.9 Å². The first-order valence-corrected chi connectivity index (χ1v) is 10.1. The van der Waals surface area contributed by atoms with Gasteiger partial charge in [0.2, 0.25) is 5.95 Å². The Morgan fingerprint density at radius 3 is 2.48 bits per heavy atom. The molecule has 0 aliphatic carbocycles. The fraction of sp³-hybridized carbons (Fsp3) is 0.400. The van der Waals surface area contributed by atoms with Gasteiger partial charge in [0.15, 0.2) is 0 Å². The number of hydrogen-bond acceptors (Lipinski definition) is 6. The number of aromatic nitrogens is 2. The minimum atomic E-state index is -4.50. The van der Waals surface area contributed by atoms with Crippen molar-refractivity contribution in [3.63, 3.8) is 0 Å². The Labute approximate surface area is 187 Å². The molecule has 3 heterocycles. The van der Waals surface area contributed by atoms with Gasteiger partial charge in [0, 0.05) is 46.0 Å². The molecule has 0 atom stereocenters. The number of nitrogens with zero attached hydrogens (tertiary/aromatic N) is 4. The van der Waals surface area contributed by atoms with Crippen LogP contribution in [0.2, 0.25) is 0 Å². The lowest BCUT2D eigenvalue weighted by atomic mass is 10.2. The third-order valence-electron chi connectivity index (χ3n) is 4.92. The summed E-state index contributed by atoms with van der Waals surface area (Å²) in [5.41, 5.74) is 1.14. The largest absolute Gasteiger partial charge is 0.405 e. The van der Waals surface area contributed by atoms with Gasteiger partial charge in [-0.05, 0) is 29.8 Å². The highest BCUT2D eigenvalue weighted by atomic mass is 19.4. The van der Waals surface area contributed by atoms with Gasteiger partial charge < -0.3 is 15.5 Å². The van der Waals surface area contributed by atoms with Gasteiger partial charge in [-0.3, -0.25) is 15.0 Å². The molecule has 2 aromatic heterocycles. The molecule has 1 fully saturated rings. The first-order chi connectivity index (χ1) is 15.6. The van der Waals surface area contributed by atoms with Crippen LogP contribution in [0.25, 0.3) is 0 Å². The highest BCUT2D eigenvalue weighted by molar-refractivity contribution is 5.92. The molecule has 13 heteroatoms. The molecule has 2 aromatic rings. The first-order valence-electron chi connectivity index (χ1n) is 10.1. The van der Waals surface area contributed by atoms with Crippen molar-refractivity contribution in [2.45, 2.75) is 12.7 Å². The molecule has 178 valence electrons. The number of nitrogens with one attached hydrogen (secondary N) is 3. The normalized spacial score (nSPS) is 14.6. The van der Waals surface area contributed by atoms with E-state index in [4.69, 9.17) is 0 Å². The summed E-state index contributed by atoms with van der Waals surface area (Å²) in [5.74, 6) is -1.04. The predicted octanol–water partition coefficient (Wildman–Crippen LogP) is 1.98. The van der Waals surface area contributed by atoms with Crippen LogP contribution in [-0.4, -0.2) is 72.8 Å². The summed E-state index contributed by atoms with van der Waals surface area (Å²) in [4.78, 5) is 34.8. The number of amides is 3. The molecule has 3 amide bonds. The van der Waals surface area contributed by atoms with Crippen LogP contribution >= 0.6 is 0 Å². The molecule has 0 radical (unpaired) electrons. The Bertz CT molecular complexity index is 995. The number of carbonyl (C=O) groups is 2. The zero-order chi connectivity index (χ0) is 24.0. The Morgan fingerprint density at radius 1 is 1.12 bits per heavy atom. The van der Waals surface area contributed by atoms with Crippen molar-refractivity contribution in [2.24, 2.45) is 0 Å². The molecule has 3 N–H and O–H groups in total. The van der Waals surface area contributed by atoms with Crippen LogP contribution in [0.5, 0.6) is 0 Å². The second-order valence-corrected chi connectivity index (χ2v) is 7.32. The third-order valence-corrected chi connectivity index (χ3v) is 4.92. The van der Waals surface area contributed by atoms with Crippen molar-refractivity contribution in [3.05, 3.63) is 47.7 Å². The van der Waals surface area contributed by atoms with Gasteiger partial charge in [0.25, 0.3) is 5.91 Å². The summed E-state index contributed by atoms with van der Waals surface area (Å²) in [5, 5.41) is 6.40. The fourth-order valence-electron chi connectivity index (χ4n) is 3.30. The number of alkyl halides is 3. The smallest absolute Gasteiger partial charge is 0.365 e.